The molecule has 0 radical (unpaired) electrons. The summed E-state index contributed by atoms with van der Waals surface area (Å²) < 4.78 is 1.05. The van der Waals surface area contributed by atoms with Gasteiger partial charge in [0, 0.05) is 6.20 Å². The van der Waals surface area contributed by atoms with Gasteiger partial charge in [-0.3, -0.25) is 5.32 Å². The number of rotatable bonds is 2. The molecule has 2 aromatic rings. The van der Waals surface area contributed by atoms with Gasteiger partial charge in [0.1, 0.15) is 0 Å². The molecule has 2 aromatic heterocycles. The lowest BCUT2D eigenvalue weighted by Gasteiger charge is -1.98. The highest BCUT2D eigenvalue weighted by molar-refractivity contribution is 9.11. The van der Waals surface area contributed by atoms with Crippen LogP contribution < -0.4 is 5.32 Å². The van der Waals surface area contributed by atoms with Crippen molar-refractivity contribution in [2.45, 2.75) is 0 Å². The Bertz CT molecular complexity index is 517. The SMILES string of the molecule is N#CNc1nccc(-c2ccc(Br)s2)n1. The van der Waals surface area contributed by atoms with E-state index in [2.05, 4.69) is 31.2 Å². The summed E-state index contributed by atoms with van der Waals surface area (Å²) >= 11 is 4.97. The Labute approximate surface area is 98.7 Å². The normalized spacial score (nSPS) is 9.60. The van der Waals surface area contributed by atoms with E-state index in [0.717, 1.165) is 14.4 Å². The molecule has 0 aliphatic carbocycles. The van der Waals surface area contributed by atoms with E-state index in [4.69, 9.17) is 5.26 Å². The number of hydrogen-bond donors (Lipinski definition) is 1. The Kier molecular flexibility index (Phi) is 2.94. The molecule has 0 saturated heterocycles. The van der Waals surface area contributed by atoms with Crippen molar-refractivity contribution in [3.8, 4) is 16.8 Å². The molecule has 0 aromatic carbocycles. The summed E-state index contributed by atoms with van der Waals surface area (Å²) in [6.45, 7) is 0. The number of hydrogen-bond acceptors (Lipinski definition) is 5. The summed E-state index contributed by atoms with van der Waals surface area (Å²) in [5.41, 5.74) is 0.804. The number of aromatic nitrogens is 2. The molecular formula is C9H5BrN4S. The highest BCUT2D eigenvalue weighted by Gasteiger charge is 2.04. The van der Waals surface area contributed by atoms with Gasteiger partial charge in [0.05, 0.1) is 14.4 Å². The molecular weight excluding hydrogens is 276 g/mol. The van der Waals surface area contributed by atoms with Crippen molar-refractivity contribution in [3.63, 3.8) is 0 Å². The van der Waals surface area contributed by atoms with Crippen LogP contribution in [0.4, 0.5) is 5.95 Å². The Morgan fingerprint density at radius 2 is 2.27 bits per heavy atom. The fraction of sp³-hybridized carbons (Fsp3) is 0. The largest absolute Gasteiger partial charge is 0.261 e. The minimum absolute atomic E-state index is 0.319. The summed E-state index contributed by atoms with van der Waals surface area (Å²) in [7, 11) is 0. The molecule has 4 nitrogen and oxygen atoms in total. The maximum atomic E-state index is 8.44. The van der Waals surface area contributed by atoms with Gasteiger partial charge in [0.25, 0.3) is 0 Å². The quantitative estimate of drug-likeness (QED) is 0.679. The molecule has 0 aliphatic rings. The van der Waals surface area contributed by atoms with Gasteiger partial charge in [-0.15, -0.1) is 11.3 Å². The number of nitrogens with one attached hydrogen (secondary N) is 1. The van der Waals surface area contributed by atoms with E-state index >= 15 is 0 Å². The Balaban J connectivity index is 2.37. The van der Waals surface area contributed by atoms with Crippen LogP contribution in [0.2, 0.25) is 0 Å². The van der Waals surface area contributed by atoms with Crippen molar-refractivity contribution in [2.75, 3.05) is 5.32 Å². The summed E-state index contributed by atoms with van der Waals surface area (Å²) in [4.78, 5) is 9.13. The molecule has 15 heavy (non-hydrogen) atoms. The topological polar surface area (TPSA) is 61.6 Å². The molecule has 2 heterocycles. The van der Waals surface area contributed by atoms with Gasteiger partial charge in [0.2, 0.25) is 5.95 Å². The van der Waals surface area contributed by atoms with Gasteiger partial charge in [-0.25, -0.2) is 9.97 Å². The predicted octanol–water partition coefficient (Wildman–Crippen LogP) is 2.86. The molecule has 1 N–H and O–H groups in total. The second-order valence-corrected chi connectivity index (χ2v) is 5.07. The molecule has 74 valence electrons. The minimum Gasteiger partial charge on any atom is -0.261 e. The van der Waals surface area contributed by atoms with Gasteiger partial charge in [-0.1, -0.05) is 0 Å². The van der Waals surface area contributed by atoms with Gasteiger partial charge >= 0.3 is 0 Å². The average Bonchev–Trinajstić information content (AvgIpc) is 2.66. The summed E-state index contributed by atoms with van der Waals surface area (Å²) in [5, 5.41) is 10.8. The van der Waals surface area contributed by atoms with Crippen LogP contribution in [-0.2, 0) is 0 Å². The van der Waals surface area contributed by atoms with Crippen molar-refractivity contribution in [1.29, 1.82) is 5.26 Å². The molecule has 2 rings (SSSR count). The van der Waals surface area contributed by atoms with E-state index in [-0.39, 0.29) is 0 Å². The minimum atomic E-state index is 0.319. The van der Waals surface area contributed by atoms with E-state index in [1.54, 1.807) is 29.8 Å². The average molecular weight is 281 g/mol. The molecule has 0 amide bonds. The van der Waals surface area contributed by atoms with Crippen LogP contribution in [0.25, 0.3) is 10.6 Å². The van der Waals surface area contributed by atoms with Crippen molar-refractivity contribution in [1.82, 2.24) is 9.97 Å². The smallest absolute Gasteiger partial charge is 0.236 e. The maximum absolute atomic E-state index is 8.44. The zero-order chi connectivity index (χ0) is 10.7. The van der Waals surface area contributed by atoms with Gasteiger partial charge < -0.3 is 0 Å². The summed E-state index contributed by atoms with van der Waals surface area (Å²) in [6.07, 6.45) is 3.41. The summed E-state index contributed by atoms with van der Waals surface area (Å²) in [5.74, 6) is 0.319. The number of thiophene rings is 1. The van der Waals surface area contributed by atoms with E-state index in [9.17, 15) is 0 Å². The third-order valence-corrected chi connectivity index (χ3v) is 3.30. The first-order valence-corrected chi connectivity index (χ1v) is 5.64. The molecule has 0 spiro atoms. The van der Waals surface area contributed by atoms with Gasteiger partial charge in [-0.2, -0.15) is 5.26 Å². The highest BCUT2D eigenvalue weighted by Crippen LogP contribution is 2.30. The first kappa shape index (κ1) is 10.1. The summed E-state index contributed by atoms with van der Waals surface area (Å²) in [6, 6.07) is 5.73. The zero-order valence-electron chi connectivity index (χ0n) is 7.44. The van der Waals surface area contributed by atoms with Crippen LogP contribution in [0.15, 0.2) is 28.2 Å². The number of halogens is 1. The van der Waals surface area contributed by atoms with Crippen molar-refractivity contribution < 1.29 is 0 Å². The van der Waals surface area contributed by atoms with Crippen molar-refractivity contribution in [3.05, 3.63) is 28.2 Å². The monoisotopic (exact) mass is 280 g/mol. The molecule has 6 heteroatoms. The van der Waals surface area contributed by atoms with Crippen LogP contribution >= 0.6 is 27.3 Å². The van der Waals surface area contributed by atoms with Gasteiger partial charge in [-0.05, 0) is 34.1 Å². The van der Waals surface area contributed by atoms with E-state index < -0.39 is 0 Å². The second kappa shape index (κ2) is 4.38. The van der Waals surface area contributed by atoms with Crippen LogP contribution in [0.1, 0.15) is 0 Å². The maximum Gasteiger partial charge on any atom is 0.236 e. The molecule has 0 aliphatic heterocycles. The van der Waals surface area contributed by atoms with Crippen LogP contribution in [-0.4, -0.2) is 9.97 Å². The molecule has 0 saturated carbocycles. The number of anilines is 1. The standard InChI is InChI=1S/C9H5BrN4S/c10-8-2-1-7(15-8)6-3-4-12-9(14-6)13-5-11/h1-4H,(H,12,13,14). The fourth-order valence-electron chi connectivity index (χ4n) is 1.06. The fourth-order valence-corrected chi connectivity index (χ4v) is 2.41. The predicted molar refractivity (Wildman–Crippen MR) is 62.3 cm³/mol. The van der Waals surface area contributed by atoms with Crippen LogP contribution in [0.5, 0.6) is 0 Å². The highest BCUT2D eigenvalue weighted by atomic mass is 79.9. The van der Waals surface area contributed by atoms with Crippen LogP contribution in [0.3, 0.4) is 0 Å². The lowest BCUT2D eigenvalue weighted by molar-refractivity contribution is 1.17. The Hall–Kier alpha value is -1.45. The number of nitriles is 1. The lowest BCUT2D eigenvalue weighted by Crippen LogP contribution is -1.95. The number of nitrogens with zero attached hydrogens (tertiary/aromatic N) is 3. The Morgan fingerprint density at radius 1 is 1.40 bits per heavy atom. The first-order valence-electron chi connectivity index (χ1n) is 4.03. The Morgan fingerprint density at radius 3 is 2.93 bits per heavy atom. The van der Waals surface area contributed by atoms with Crippen molar-refractivity contribution in [2.24, 2.45) is 0 Å². The van der Waals surface area contributed by atoms with Crippen LogP contribution in [0, 0.1) is 11.5 Å². The van der Waals surface area contributed by atoms with Gasteiger partial charge in [0.15, 0.2) is 6.19 Å². The first-order chi connectivity index (χ1) is 7.29. The lowest BCUT2D eigenvalue weighted by atomic mass is 10.3. The second-order valence-electron chi connectivity index (χ2n) is 2.61. The van der Waals surface area contributed by atoms with E-state index in [1.807, 2.05) is 12.1 Å². The third-order valence-electron chi connectivity index (χ3n) is 1.65. The zero-order valence-corrected chi connectivity index (χ0v) is 9.84. The molecule has 0 unspecified atom stereocenters. The third kappa shape index (κ3) is 2.32. The molecule has 0 bridgehead atoms. The van der Waals surface area contributed by atoms with Crippen molar-refractivity contribution >= 4 is 33.2 Å². The van der Waals surface area contributed by atoms with E-state index in [1.165, 1.54) is 0 Å². The van der Waals surface area contributed by atoms with E-state index in [0.29, 0.717) is 5.95 Å². The molecule has 0 fully saturated rings. The molecule has 0 atom stereocenters.